The second-order valence-corrected chi connectivity index (χ2v) is 6.95. The van der Waals surface area contributed by atoms with Gasteiger partial charge in [-0.05, 0) is 18.4 Å². The van der Waals surface area contributed by atoms with E-state index in [9.17, 15) is 4.79 Å². The zero-order valence-electron chi connectivity index (χ0n) is 12.4. The fraction of sp³-hybridized carbons (Fsp3) is 0.467. The fourth-order valence-electron chi connectivity index (χ4n) is 2.31. The predicted molar refractivity (Wildman–Crippen MR) is 87.6 cm³/mol. The normalized spacial score (nSPS) is 17.3. The number of ether oxygens (including phenoxy) is 2. The van der Waals surface area contributed by atoms with Gasteiger partial charge >= 0.3 is 5.97 Å². The van der Waals surface area contributed by atoms with Crippen LogP contribution in [0.1, 0.15) is 17.4 Å². The Morgan fingerprint density at radius 2 is 2.27 bits per heavy atom. The molecule has 22 heavy (non-hydrogen) atoms. The van der Waals surface area contributed by atoms with Crippen LogP contribution in [0.3, 0.4) is 0 Å². The molecule has 0 saturated carbocycles. The van der Waals surface area contributed by atoms with Crippen LogP contribution in [-0.2, 0) is 9.47 Å². The maximum Gasteiger partial charge on any atom is 0.358 e. The molecule has 0 aliphatic carbocycles. The van der Waals surface area contributed by atoms with Crippen LogP contribution in [0.2, 0.25) is 0 Å². The number of thiazole rings is 1. The highest BCUT2D eigenvalue weighted by Gasteiger charge is 2.19. The minimum Gasteiger partial charge on any atom is -0.457 e. The average Bonchev–Trinajstić information content (AvgIpc) is 3.19. The summed E-state index contributed by atoms with van der Waals surface area (Å²) < 4.78 is 10.8. The van der Waals surface area contributed by atoms with Crippen molar-refractivity contribution in [3.05, 3.63) is 28.6 Å². The molecule has 1 atom stereocenters. The molecule has 1 unspecified atom stereocenters. The van der Waals surface area contributed by atoms with Gasteiger partial charge in [0, 0.05) is 25.0 Å². The summed E-state index contributed by atoms with van der Waals surface area (Å²) in [6, 6.07) is 3.98. The Kier molecular flexibility index (Phi) is 5.20. The molecule has 0 spiro atoms. The monoisotopic (exact) mass is 338 g/mol. The molecule has 7 heteroatoms. The number of thiophene rings is 1. The summed E-state index contributed by atoms with van der Waals surface area (Å²) in [5, 5.41) is 4.63. The minimum atomic E-state index is -0.347. The van der Waals surface area contributed by atoms with Crippen LogP contribution in [0, 0.1) is 0 Å². The van der Waals surface area contributed by atoms with E-state index in [1.807, 2.05) is 24.4 Å². The van der Waals surface area contributed by atoms with Crippen molar-refractivity contribution in [2.75, 3.05) is 32.8 Å². The van der Waals surface area contributed by atoms with Crippen molar-refractivity contribution in [1.82, 2.24) is 9.88 Å². The molecule has 0 bridgehead atoms. The molecule has 0 amide bonds. The summed E-state index contributed by atoms with van der Waals surface area (Å²) in [6.07, 6.45) is -0.155. The summed E-state index contributed by atoms with van der Waals surface area (Å²) in [5.41, 5.74) is 0.391. The van der Waals surface area contributed by atoms with E-state index in [-0.39, 0.29) is 12.1 Å². The molecule has 0 aromatic carbocycles. The maximum atomic E-state index is 12.2. The molecule has 5 nitrogen and oxygen atoms in total. The zero-order chi connectivity index (χ0) is 15.4. The highest BCUT2D eigenvalue weighted by atomic mass is 32.1. The second-order valence-electron chi connectivity index (χ2n) is 5.14. The minimum absolute atomic E-state index is 0.155. The van der Waals surface area contributed by atoms with Crippen LogP contribution in [0.25, 0.3) is 9.88 Å². The van der Waals surface area contributed by atoms with E-state index in [0.717, 1.165) is 42.7 Å². The van der Waals surface area contributed by atoms with E-state index >= 15 is 0 Å². The Morgan fingerprint density at radius 1 is 1.45 bits per heavy atom. The first-order chi connectivity index (χ1) is 10.7. The number of hydrogen-bond donors (Lipinski definition) is 0. The standard InChI is InChI=1S/C15H18N2O3S2/c1-11(9-17-4-6-19-7-5-17)20-15(18)12-10-22-14(16-12)13-3-2-8-21-13/h2-3,8,10-11H,4-7,9H2,1H3. The Bertz CT molecular complexity index is 606. The summed E-state index contributed by atoms with van der Waals surface area (Å²) in [6.45, 7) is 5.92. The Balaban J connectivity index is 1.55. The van der Waals surface area contributed by atoms with E-state index in [0.29, 0.717) is 5.69 Å². The van der Waals surface area contributed by atoms with Gasteiger partial charge in [-0.1, -0.05) is 6.07 Å². The summed E-state index contributed by atoms with van der Waals surface area (Å²) in [4.78, 5) is 19.9. The smallest absolute Gasteiger partial charge is 0.358 e. The van der Waals surface area contributed by atoms with Gasteiger partial charge in [-0.15, -0.1) is 22.7 Å². The first-order valence-electron chi connectivity index (χ1n) is 7.23. The molecular formula is C15H18N2O3S2. The maximum absolute atomic E-state index is 12.2. The topological polar surface area (TPSA) is 51.7 Å². The van der Waals surface area contributed by atoms with Gasteiger partial charge in [0.15, 0.2) is 5.69 Å². The summed E-state index contributed by atoms with van der Waals surface area (Å²) in [7, 11) is 0. The Hall–Kier alpha value is -1.28. The molecule has 118 valence electrons. The first-order valence-corrected chi connectivity index (χ1v) is 8.99. The third-order valence-electron chi connectivity index (χ3n) is 3.37. The Labute approximate surface area is 137 Å². The van der Waals surface area contributed by atoms with Gasteiger partial charge in [-0.2, -0.15) is 0 Å². The van der Waals surface area contributed by atoms with Crippen molar-refractivity contribution in [1.29, 1.82) is 0 Å². The highest BCUT2D eigenvalue weighted by molar-refractivity contribution is 7.20. The van der Waals surface area contributed by atoms with Crippen LogP contribution in [0.5, 0.6) is 0 Å². The number of nitrogens with zero attached hydrogens (tertiary/aromatic N) is 2. The van der Waals surface area contributed by atoms with Gasteiger partial charge in [-0.3, -0.25) is 4.90 Å². The molecule has 1 aliphatic heterocycles. The third-order valence-corrected chi connectivity index (χ3v) is 5.25. The fourth-order valence-corrected chi connectivity index (χ4v) is 3.91. The van der Waals surface area contributed by atoms with Crippen molar-refractivity contribution in [2.24, 2.45) is 0 Å². The molecule has 1 saturated heterocycles. The van der Waals surface area contributed by atoms with E-state index in [4.69, 9.17) is 9.47 Å². The largest absolute Gasteiger partial charge is 0.457 e. The third kappa shape index (κ3) is 3.92. The lowest BCUT2D eigenvalue weighted by Crippen LogP contribution is -2.41. The number of carbonyl (C=O) groups is 1. The lowest BCUT2D eigenvalue weighted by Gasteiger charge is -2.28. The van der Waals surface area contributed by atoms with Crippen molar-refractivity contribution >= 4 is 28.6 Å². The van der Waals surface area contributed by atoms with Crippen LogP contribution in [0.15, 0.2) is 22.9 Å². The first kappa shape index (κ1) is 15.6. The Morgan fingerprint density at radius 3 is 3.00 bits per heavy atom. The quantitative estimate of drug-likeness (QED) is 0.785. The van der Waals surface area contributed by atoms with E-state index < -0.39 is 0 Å². The highest BCUT2D eigenvalue weighted by Crippen LogP contribution is 2.28. The molecular weight excluding hydrogens is 320 g/mol. The summed E-state index contributed by atoms with van der Waals surface area (Å²) in [5.74, 6) is -0.347. The summed E-state index contributed by atoms with van der Waals surface area (Å²) >= 11 is 3.09. The van der Waals surface area contributed by atoms with Crippen LogP contribution >= 0.6 is 22.7 Å². The lowest BCUT2D eigenvalue weighted by atomic mass is 10.3. The molecule has 1 fully saturated rings. The number of hydrogen-bond acceptors (Lipinski definition) is 7. The van der Waals surface area contributed by atoms with Crippen LogP contribution in [-0.4, -0.2) is 54.8 Å². The molecule has 3 heterocycles. The second kappa shape index (κ2) is 7.32. The lowest BCUT2D eigenvalue weighted by molar-refractivity contribution is 0.000165. The number of aromatic nitrogens is 1. The van der Waals surface area contributed by atoms with Crippen molar-refractivity contribution in [3.8, 4) is 9.88 Å². The average molecular weight is 338 g/mol. The van der Waals surface area contributed by atoms with Gasteiger partial charge < -0.3 is 9.47 Å². The molecule has 1 aliphatic rings. The van der Waals surface area contributed by atoms with Gasteiger partial charge in [0.25, 0.3) is 0 Å². The molecule has 0 radical (unpaired) electrons. The van der Waals surface area contributed by atoms with Crippen molar-refractivity contribution < 1.29 is 14.3 Å². The molecule has 2 aromatic heterocycles. The van der Waals surface area contributed by atoms with Crippen LogP contribution < -0.4 is 0 Å². The van der Waals surface area contributed by atoms with Crippen molar-refractivity contribution in [2.45, 2.75) is 13.0 Å². The van der Waals surface area contributed by atoms with E-state index in [1.165, 1.54) is 11.3 Å². The molecule has 0 N–H and O–H groups in total. The zero-order valence-corrected chi connectivity index (χ0v) is 14.0. The van der Waals surface area contributed by atoms with E-state index in [1.54, 1.807) is 16.7 Å². The SMILES string of the molecule is CC(CN1CCOCC1)OC(=O)c1csc(-c2cccs2)n1. The van der Waals surface area contributed by atoms with Gasteiger partial charge in [-0.25, -0.2) is 9.78 Å². The number of morpholine rings is 1. The predicted octanol–water partition coefficient (Wildman–Crippen LogP) is 2.75. The van der Waals surface area contributed by atoms with Crippen LogP contribution in [0.4, 0.5) is 0 Å². The van der Waals surface area contributed by atoms with E-state index in [2.05, 4.69) is 9.88 Å². The number of carbonyl (C=O) groups excluding carboxylic acids is 1. The van der Waals surface area contributed by atoms with Crippen molar-refractivity contribution in [3.63, 3.8) is 0 Å². The molecule has 2 aromatic rings. The van der Waals surface area contributed by atoms with Gasteiger partial charge in [0.05, 0.1) is 18.1 Å². The molecule has 3 rings (SSSR count). The van der Waals surface area contributed by atoms with Gasteiger partial charge in [0.2, 0.25) is 0 Å². The van der Waals surface area contributed by atoms with Gasteiger partial charge in [0.1, 0.15) is 11.1 Å². The number of rotatable bonds is 5. The number of esters is 1.